The van der Waals surface area contributed by atoms with Crippen LogP contribution in [0.2, 0.25) is 5.02 Å². The van der Waals surface area contributed by atoms with Crippen LogP contribution in [0.3, 0.4) is 0 Å². The number of aromatic nitrogens is 1. The molecular weight excluding hydrogens is 293 g/mol. The molecule has 6 heteroatoms. The largest absolute Gasteiger partial charge is 0.436 e. The third-order valence-corrected chi connectivity index (χ3v) is 3.87. The fourth-order valence-corrected chi connectivity index (χ4v) is 2.50. The van der Waals surface area contributed by atoms with Gasteiger partial charge in [0.2, 0.25) is 5.88 Å². The Kier molecular flexibility index (Phi) is 3.02. The first-order valence-corrected chi connectivity index (χ1v) is 6.68. The zero-order chi connectivity index (χ0) is 15.3. The summed E-state index contributed by atoms with van der Waals surface area (Å²) in [6.45, 7) is 3.77. The maximum absolute atomic E-state index is 13.3. The molecule has 3 rings (SSSR count). The Balaban J connectivity index is 2.40. The van der Waals surface area contributed by atoms with E-state index in [1.165, 1.54) is 12.1 Å². The van der Waals surface area contributed by atoms with Gasteiger partial charge in [-0.3, -0.25) is 0 Å². The standard InChI is InChI=1S/C15H13ClFN3O/c1-6-7(2)20-13(8-3-4-10(17)9(16)5-8)14-11(6)12(18)15(19)21-14/h3-5H,18-19H2,1-2H3. The molecular formula is C15H13ClFN3O. The van der Waals surface area contributed by atoms with E-state index in [1.807, 2.05) is 13.8 Å². The molecule has 0 aliphatic heterocycles. The van der Waals surface area contributed by atoms with E-state index in [2.05, 4.69) is 4.98 Å². The van der Waals surface area contributed by atoms with Gasteiger partial charge >= 0.3 is 0 Å². The van der Waals surface area contributed by atoms with E-state index in [1.54, 1.807) is 6.07 Å². The fourth-order valence-electron chi connectivity index (χ4n) is 2.32. The van der Waals surface area contributed by atoms with Crippen molar-refractivity contribution in [1.29, 1.82) is 0 Å². The van der Waals surface area contributed by atoms with Crippen molar-refractivity contribution in [2.24, 2.45) is 0 Å². The maximum atomic E-state index is 13.3. The Hall–Kier alpha value is -2.27. The highest BCUT2D eigenvalue weighted by Crippen LogP contribution is 2.39. The van der Waals surface area contributed by atoms with Crippen LogP contribution >= 0.6 is 11.6 Å². The molecule has 0 amide bonds. The molecule has 1 aromatic carbocycles. The normalized spacial score (nSPS) is 11.2. The van der Waals surface area contributed by atoms with Gasteiger partial charge in [-0.25, -0.2) is 9.37 Å². The SMILES string of the molecule is Cc1nc(-c2ccc(F)c(Cl)c2)c2oc(N)c(N)c2c1C. The second-order valence-corrected chi connectivity index (χ2v) is 5.29. The van der Waals surface area contributed by atoms with Gasteiger partial charge < -0.3 is 15.9 Å². The zero-order valence-electron chi connectivity index (χ0n) is 11.5. The first-order chi connectivity index (χ1) is 9.90. The monoisotopic (exact) mass is 305 g/mol. The van der Waals surface area contributed by atoms with Gasteiger partial charge in [-0.1, -0.05) is 11.6 Å². The number of pyridine rings is 1. The van der Waals surface area contributed by atoms with Gasteiger partial charge in [-0.2, -0.15) is 0 Å². The molecule has 0 saturated carbocycles. The lowest BCUT2D eigenvalue weighted by molar-refractivity contribution is 0.628. The smallest absolute Gasteiger partial charge is 0.214 e. The average molecular weight is 306 g/mol. The van der Waals surface area contributed by atoms with E-state index in [0.29, 0.717) is 22.5 Å². The van der Waals surface area contributed by atoms with E-state index >= 15 is 0 Å². The molecule has 0 fully saturated rings. The third kappa shape index (κ3) is 2.01. The minimum atomic E-state index is -0.487. The predicted molar refractivity (Wildman–Crippen MR) is 82.7 cm³/mol. The Morgan fingerprint density at radius 1 is 1.24 bits per heavy atom. The number of anilines is 2. The molecule has 2 aromatic heterocycles. The Morgan fingerprint density at radius 3 is 2.62 bits per heavy atom. The van der Waals surface area contributed by atoms with Crippen molar-refractivity contribution in [3.05, 3.63) is 40.3 Å². The second-order valence-electron chi connectivity index (χ2n) is 4.88. The van der Waals surface area contributed by atoms with E-state index in [9.17, 15) is 4.39 Å². The van der Waals surface area contributed by atoms with Crippen LogP contribution in [-0.4, -0.2) is 4.98 Å². The van der Waals surface area contributed by atoms with Gasteiger partial charge in [0.1, 0.15) is 17.2 Å². The Morgan fingerprint density at radius 2 is 1.95 bits per heavy atom. The van der Waals surface area contributed by atoms with Crippen molar-refractivity contribution in [3.8, 4) is 11.3 Å². The van der Waals surface area contributed by atoms with Crippen molar-refractivity contribution in [2.75, 3.05) is 11.5 Å². The second kappa shape index (κ2) is 4.63. The van der Waals surface area contributed by atoms with Gasteiger partial charge in [-0.15, -0.1) is 0 Å². The number of nitrogen functional groups attached to an aromatic ring is 2. The van der Waals surface area contributed by atoms with E-state index in [-0.39, 0.29) is 10.9 Å². The molecule has 3 aromatic rings. The van der Waals surface area contributed by atoms with E-state index < -0.39 is 5.82 Å². The van der Waals surface area contributed by atoms with Crippen LogP contribution in [0.4, 0.5) is 16.0 Å². The topological polar surface area (TPSA) is 78.1 Å². The number of benzene rings is 1. The number of nitrogens with two attached hydrogens (primary N) is 2. The summed E-state index contributed by atoms with van der Waals surface area (Å²) in [5.74, 6) is -0.339. The molecule has 0 bridgehead atoms. The quantitative estimate of drug-likeness (QED) is 0.710. The zero-order valence-corrected chi connectivity index (χ0v) is 12.3. The van der Waals surface area contributed by atoms with Crippen LogP contribution in [0.25, 0.3) is 22.2 Å². The molecule has 0 atom stereocenters. The summed E-state index contributed by atoms with van der Waals surface area (Å²) in [5.41, 5.74) is 15.5. The highest BCUT2D eigenvalue weighted by Gasteiger charge is 2.19. The number of hydrogen-bond acceptors (Lipinski definition) is 4. The minimum absolute atomic E-state index is 0.0215. The molecule has 4 nitrogen and oxygen atoms in total. The summed E-state index contributed by atoms with van der Waals surface area (Å²) < 4.78 is 18.9. The first-order valence-electron chi connectivity index (χ1n) is 6.30. The summed E-state index contributed by atoms with van der Waals surface area (Å²) in [6, 6.07) is 4.38. The van der Waals surface area contributed by atoms with E-state index in [0.717, 1.165) is 16.6 Å². The van der Waals surface area contributed by atoms with Crippen LogP contribution in [0, 0.1) is 19.7 Å². The third-order valence-electron chi connectivity index (χ3n) is 3.58. The molecule has 0 spiro atoms. The number of hydrogen-bond donors (Lipinski definition) is 2. The van der Waals surface area contributed by atoms with Crippen LogP contribution in [-0.2, 0) is 0 Å². The van der Waals surface area contributed by atoms with Crippen LogP contribution in [0.15, 0.2) is 22.6 Å². The number of fused-ring (bicyclic) bond motifs is 1. The van der Waals surface area contributed by atoms with Crippen LogP contribution in [0.5, 0.6) is 0 Å². The van der Waals surface area contributed by atoms with Gasteiger partial charge in [0, 0.05) is 11.3 Å². The van der Waals surface area contributed by atoms with E-state index in [4.69, 9.17) is 27.5 Å². The molecule has 0 saturated heterocycles. The lowest BCUT2D eigenvalue weighted by atomic mass is 10.0. The molecule has 21 heavy (non-hydrogen) atoms. The highest BCUT2D eigenvalue weighted by atomic mass is 35.5. The summed E-state index contributed by atoms with van der Waals surface area (Å²) in [5, 5.41) is 0.753. The van der Waals surface area contributed by atoms with Crippen molar-refractivity contribution < 1.29 is 8.81 Å². The van der Waals surface area contributed by atoms with Crippen LogP contribution < -0.4 is 11.5 Å². The summed E-state index contributed by atoms with van der Waals surface area (Å²) >= 11 is 5.84. The summed E-state index contributed by atoms with van der Waals surface area (Å²) in [7, 11) is 0. The maximum Gasteiger partial charge on any atom is 0.214 e. The van der Waals surface area contributed by atoms with Crippen molar-refractivity contribution >= 4 is 34.1 Å². The molecule has 0 unspecified atom stereocenters. The Labute approximate surface area is 125 Å². The van der Waals surface area contributed by atoms with Gasteiger partial charge in [0.05, 0.1) is 10.4 Å². The van der Waals surface area contributed by atoms with Gasteiger partial charge in [-0.05, 0) is 37.6 Å². The molecule has 4 N–H and O–H groups in total. The Bertz CT molecular complexity index is 873. The molecule has 0 aliphatic carbocycles. The molecule has 2 heterocycles. The number of furan rings is 1. The lowest BCUT2D eigenvalue weighted by Crippen LogP contribution is -1.95. The predicted octanol–water partition coefficient (Wildman–Crippen LogP) is 4.07. The number of nitrogens with zero attached hydrogens (tertiary/aromatic N) is 1. The van der Waals surface area contributed by atoms with Crippen molar-refractivity contribution in [2.45, 2.75) is 13.8 Å². The van der Waals surface area contributed by atoms with Crippen molar-refractivity contribution in [1.82, 2.24) is 4.98 Å². The average Bonchev–Trinajstić information content (AvgIpc) is 2.74. The highest BCUT2D eigenvalue weighted by molar-refractivity contribution is 6.31. The summed E-state index contributed by atoms with van der Waals surface area (Å²) in [4.78, 5) is 4.51. The van der Waals surface area contributed by atoms with Crippen molar-refractivity contribution in [3.63, 3.8) is 0 Å². The summed E-state index contributed by atoms with van der Waals surface area (Å²) in [6.07, 6.45) is 0. The van der Waals surface area contributed by atoms with Gasteiger partial charge in [0.25, 0.3) is 0 Å². The molecule has 0 radical (unpaired) electrons. The van der Waals surface area contributed by atoms with Gasteiger partial charge in [0.15, 0.2) is 5.58 Å². The lowest BCUT2D eigenvalue weighted by Gasteiger charge is -2.08. The molecule has 108 valence electrons. The minimum Gasteiger partial charge on any atom is -0.436 e. The number of rotatable bonds is 1. The van der Waals surface area contributed by atoms with Crippen LogP contribution in [0.1, 0.15) is 11.3 Å². The fraction of sp³-hybridized carbons (Fsp3) is 0.133. The number of halogens is 2. The number of aryl methyl sites for hydroxylation is 2. The first kappa shape index (κ1) is 13.7. The molecule has 0 aliphatic rings.